The molecular weight excluding hydrogens is 236 g/mol. The van der Waals surface area contributed by atoms with Crippen LogP contribution in [0.5, 0.6) is 0 Å². The minimum atomic E-state index is -2.73. The van der Waals surface area contributed by atoms with E-state index in [9.17, 15) is 8.78 Å². The van der Waals surface area contributed by atoms with Crippen LogP contribution >= 0.6 is 0 Å². The largest absolute Gasteiger partial charge is 0.379 e. The lowest BCUT2D eigenvalue weighted by atomic mass is 9.99. The number of hydrogen-bond acceptors (Lipinski definition) is 2. The first-order chi connectivity index (χ1) is 8.62. The molecule has 0 bridgehead atoms. The highest BCUT2D eigenvalue weighted by Gasteiger charge is 2.29. The Bertz CT molecular complexity index is 389. The van der Waals surface area contributed by atoms with Gasteiger partial charge in [-0.25, -0.2) is 8.78 Å². The van der Waals surface area contributed by atoms with E-state index in [0.29, 0.717) is 6.61 Å². The zero-order valence-corrected chi connectivity index (χ0v) is 10.6. The molecule has 1 aromatic rings. The van der Waals surface area contributed by atoms with Gasteiger partial charge in [0, 0.05) is 24.6 Å². The maximum atomic E-state index is 13.6. The molecule has 1 fully saturated rings. The monoisotopic (exact) mass is 255 g/mol. The van der Waals surface area contributed by atoms with E-state index in [1.54, 1.807) is 12.1 Å². The first-order valence-electron chi connectivity index (χ1n) is 6.40. The summed E-state index contributed by atoms with van der Waals surface area (Å²) in [6.07, 6.45) is 0.564. The predicted molar refractivity (Wildman–Crippen MR) is 66.9 cm³/mol. The Labute approximate surface area is 106 Å². The van der Waals surface area contributed by atoms with Gasteiger partial charge in [-0.05, 0) is 18.1 Å². The number of alkyl halides is 2. The molecule has 1 saturated heterocycles. The zero-order valence-electron chi connectivity index (χ0n) is 10.6. The fourth-order valence-corrected chi connectivity index (χ4v) is 2.17. The van der Waals surface area contributed by atoms with Crippen molar-refractivity contribution in [2.45, 2.75) is 31.7 Å². The molecule has 0 aliphatic carbocycles. The molecule has 1 aliphatic rings. The summed E-state index contributed by atoms with van der Waals surface area (Å²) in [5.74, 6) is -2.73. The second-order valence-corrected chi connectivity index (χ2v) is 4.69. The lowest BCUT2D eigenvalue weighted by Gasteiger charge is -2.24. The maximum absolute atomic E-state index is 13.6. The van der Waals surface area contributed by atoms with Crippen molar-refractivity contribution in [3.8, 4) is 0 Å². The van der Waals surface area contributed by atoms with Crippen molar-refractivity contribution in [2.24, 2.45) is 0 Å². The summed E-state index contributed by atoms with van der Waals surface area (Å²) in [7, 11) is 0. The van der Waals surface area contributed by atoms with Gasteiger partial charge < -0.3 is 10.1 Å². The van der Waals surface area contributed by atoms with Crippen LogP contribution < -0.4 is 5.32 Å². The first kappa shape index (κ1) is 13.4. The Morgan fingerprint density at radius 3 is 2.94 bits per heavy atom. The first-order valence-corrected chi connectivity index (χ1v) is 6.40. The second-order valence-electron chi connectivity index (χ2n) is 4.69. The standard InChI is InChI=1S/C14H19F2NO/c1-2-14(15,16)12-5-3-4-11(8-12)9-13-10-18-7-6-17-13/h3-5,8,13,17H,2,6-7,9-10H2,1H3. The molecule has 4 heteroatoms. The molecule has 1 unspecified atom stereocenters. The molecule has 0 radical (unpaired) electrons. The number of morpholine rings is 1. The maximum Gasteiger partial charge on any atom is 0.273 e. The third-order valence-corrected chi connectivity index (χ3v) is 3.27. The summed E-state index contributed by atoms with van der Waals surface area (Å²) in [6, 6.07) is 6.94. The van der Waals surface area contributed by atoms with E-state index in [-0.39, 0.29) is 18.0 Å². The molecule has 1 heterocycles. The summed E-state index contributed by atoms with van der Waals surface area (Å²) >= 11 is 0. The number of hydrogen-bond donors (Lipinski definition) is 1. The van der Waals surface area contributed by atoms with Gasteiger partial charge in [0.25, 0.3) is 5.92 Å². The number of benzene rings is 1. The van der Waals surface area contributed by atoms with Crippen LogP contribution in [-0.4, -0.2) is 25.8 Å². The Morgan fingerprint density at radius 1 is 1.44 bits per heavy atom. The molecule has 2 rings (SSSR count). The Hall–Kier alpha value is -1.00. The third-order valence-electron chi connectivity index (χ3n) is 3.27. The number of nitrogens with one attached hydrogen (secondary N) is 1. The van der Waals surface area contributed by atoms with Crippen molar-refractivity contribution < 1.29 is 13.5 Å². The molecule has 1 aliphatic heterocycles. The average molecular weight is 255 g/mol. The summed E-state index contributed by atoms with van der Waals surface area (Å²) in [5.41, 5.74) is 1.04. The summed E-state index contributed by atoms with van der Waals surface area (Å²) in [6.45, 7) is 3.71. The highest BCUT2D eigenvalue weighted by Crippen LogP contribution is 2.31. The third kappa shape index (κ3) is 3.27. The summed E-state index contributed by atoms with van der Waals surface area (Å²) < 4.78 is 32.6. The topological polar surface area (TPSA) is 21.3 Å². The van der Waals surface area contributed by atoms with Crippen LogP contribution in [0.4, 0.5) is 8.78 Å². The van der Waals surface area contributed by atoms with Crippen molar-refractivity contribution in [1.82, 2.24) is 5.32 Å². The minimum Gasteiger partial charge on any atom is -0.379 e. The molecule has 2 nitrogen and oxygen atoms in total. The van der Waals surface area contributed by atoms with Crippen LogP contribution in [0.2, 0.25) is 0 Å². The molecule has 0 amide bonds. The van der Waals surface area contributed by atoms with E-state index >= 15 is 0 Å². The molecule has 1 aromatic carbocycles. The van der Waals surface area contributed by atoms with Gasteiger partial charge in [-0.1, -0.05) is 25.1 Å². The van der Waals surface area contributed by atoms with E-state index in [2.05, 4.69) is 5.32 Å². The van der Waals surface area contributed by atoms with Crippen molar-refractivity contribution in [2.75, 3.05) is 19.8 Å². The Kier molecular flexibility index (Phi) is 4.30. The quantitative estimate of drug-likeness (QED) is 0.893. The van der Waals surface area contributed by atoms with Gasteiger partial charge in [0.1, 0.15) is 0 Å². The Balaban J connectivity index is 2.07. The van der Waals surface area contributed by atoms with Crippen LogP contribution in [0.1, 0.15) is 24.5 Å². The van der Waals surface area contributed by atoms with E-state index in [1.165, 1.54) is 13.0 Å². The van der Waals surface area contributed by atoms with Crippen molar-refractivity contribution in [3.05, 3.63) is 35.4 Å². The highest BCUT2D eigenvalue weighted by molar-refractivity contribution is 5.27. The van der Waals surface area contributed by atoms with E-state index in [0.717, 1.165) is 25.1 Å². The predicted octanol–water partition coefficient (Wildman–Crippen LogP) is 2.72. The van der Waals surface area contributed by atoms with Crippen LogP contribution in [0.25, 0.3) is 0 Å². The van der Waals surface area contributed by atoms with E-state index in [1.807, 2.05) is 6.07 Å². The minimum absolute atomic E-state index is 0.110. The van der Waals surface area contributed by atoms with Gasteiger partial charge in [-0.3, -0.25) is 0 Å². The molecule has 0 saturated carbocycles. The van der Waals surface area contributed by atoms with Crippen LogP contribution in [0, 0.1) is 0 Å². The number of rotatable bonds is 4. The number of halogens is 2. The molecule has 1 N–H and O–H groups in total. The number of ether oxygens (including phenoxy) is 1. The SMILES string of the molecule is CCC(F)(F)c1cccc(CC2COCCN2)c1. The van der Waals surface area contributed by atoms with Gasteiger partial charge in [0.2, 0.25) is 0 Å². The lowest BCUT2D eigenvalue weighted by Crippen LogP contribution is -2.42. The molecule has 0 aromatic heterocycles. The molecule has 0 spiro atoms. The van der Waals surface area contributed by atoms with Gasteiger partial charge >= 0.3 is 0 Å². The lowest BCUT2D eigenvalue weighted by molar-refractivity contribution is -0.00838. The van der Waals surface area contributed by atoms with Crippen molar-refractivity contribution in [3.63, 3.8) is 0 Å². The smallest absolute Gasteiger partial charge is 0.273 e. The van der Waals surface area contributed by atoms with Crippen molar-refractivity contribution >= 4 is 0 Å². The Morgan fingerprint density at radius 2 is 2.28 bits per heavy atom. The highest BCUT2D eigenvalue weighted by atomic mass is 19.3. The average Bonchev–Trinajstić information content (AvgIpc) is 2.40. The fraction of sp³-hybridized carbons (Fsp3) is 0.571. The van der Waals surface area contributed by atoms with Crippen LogP contribution in [0.15, 0.2) is 24.3 Å². The van der Waals surface area contributed by atoms with Gasteiger partial charge in [-0.2, -0.15) is 0 Å². The second kappa shape index (κ2) is 5.76. The normalized spacial score (nSPS) is 20.9. The van der Waals surface area contributed by atoms with Gasteiger partial charge in [-0.15, -0.1) is 0 Å². The summed E-state index contributed by atoms with van der Waals surface area (Å²) in [4.78, 5) is 0. The van der Waals surface area contributed by atoms with Gasteiger partial charge in [0.05, 0.1) is 13.2 Å². The molecule has 100 valence electrons. The molecule has 1 atom stereocenters. The molecule has 18 heavy (non-hydrogen) atoms. The molecular formula is C14H19F2NO. The fourth-order valence-electron chi connectivity index (χ4n) is 2.17. The van der Waals surface area contributed by atoms with Gasteiger partial charge in [0.15, 0.2) is 0 Å². The van der Waals surface area contributed by atoms with Crippen molar-refractivity contribution in [1.29, 1.82) is 0 Å². The summed E-state index contributed by atoms with van der Waals surface area (Å²) in [5, 5.41) is 3.33. The van der Waals surface area contributed by atoms with Crippen LogP contribution in [0.3, 0.4) is 0 Å². The van der Waals surface area contributed by atoms with Crippen LogP contribution in [-0.2, 0) is 17.1 Å². The van der Waals surface area contributed by atoms with E-state index in [4.69, 9.17) is 4.74 Å². The zero-order chi connectivity index (χ0) is 13.0. The van der Waals surface area contributed by atoms with E-state index < -0.39 is 5.92 Å².